The van der Waals surface area contributed by atoms with Crippen molar-refractivity contribution in [1.29, 1.82) is 0 Å². The first-order valence-corrected chi connectivity index (χ1v) is 9.55. The van der Waals surface area contributed by atoms with Gasteiger partial charge in [-0.05, 0) is 38.4 Å². The molecule has 0 saturated carbocycles. The van der Waals surface area contributed by atoms with Crippen LogP contribution < -0.4 is 5.73 Å². The molecule has 1 aliphatic rings. The molecule has 0 radical (unpaired) electrons. The Balaban J connectivity index is 1.69. The average Bonchev–Trinajstić information content (AvgIpc) is 2.70. The second-order valence-electron chi connectivity index (χ2n) is 7.06. The van der Waals surface area contributed by atoms with Gasteiger partial charge in [0, 0.05) is 29.3 Å². The molecule has 3 rings (SSSR count). The van der Waals surface area contributed by atoms with Crippen LogP contribution in [0.1, 0.15) is 41.5 Å². The Morgan fingerprint density at radius 3 is 2.61 bits per heavy atom. The molecule has 0 atom stereocenters. The Labute approximate surface area is 164 Å². The van der Waals surface area contributed by atoms with Crippen molar-refractivity contribution in [2.24, 2.45) is 10.9 Å². The van der Waals surface area contributed by atoms with Crippen molar-refractivity contribution in [2.75, 3.05) is 13.1 Å². The van der Waals surface area contributed by atoms with Crippen molar-refractivity contribution in [1.82, 2.24) is 4.90 Å². The Kier molecular flexibility index (Phi) is 6.60. The van der Waals surface area contributed by atoms with Crippen molar-refractivity contribution in [3.63, 3.8) is 0 Å². The van der Waals surface area contributed by atoms with Crippen LogP contribution in [0.15, 0.2) is 47.6 Å². The smallest absolute Gasteiger partial charge is 0.272 e. The molecule has 1 aliphatic heterocycles. The maximum atomic E-state index is 11.1. The summed E-state index contributed by atoms with van der Waals surface area (Å²) in [5, 5.41) is 15.1. The quantitative estimate of drug-likeness (QED) is 0.341. The lowest BCUT2D eigenvalue weighted by Gasteiger charge is -2.27. The summed E-state index contributed by atoms with van der Waals surface area (Å²) < 4.78 is 0. The highest BCUT2D eigenvalue weighted by Gasteiger charge is 2.15. The molecule has 7 heteroatoms. The molecule has 0 spiro atoms. The summed E-state index contributed by atoms with van der Waals surface area (Å²) in [6, 6.07) is 12.9. The zero-order chi connectivity index (χ0) is 19.9. The molecule has 28 heavy (non-hydrogen) atoms. The first kappa shape index (κ1) is 19.8. The van der Waals surface area contributed by atoms with Gasteiger partial charge in [-0.1, -0.05) is 48.0 Å². The fraction of sp³-hybridized carbons (Fsp3) is 0.381. The van der Waals surface area contributed by atoms with Crippen LogP contribution in [0.5, 0.6) is 0 Å². The largest absolute Gasteiger partial charge is 0.389 e. The molecular formula is C21H26N4O3. The Bertz CT molecular complexity index is 860. The van der Waals surface area contributed by atoms with Crippen LogP contribution in [0, 0.1) is 17.0 Å². The third-order valence-corrected chi connectivity index (χ3v) is 5.13. The lowest BCUT2D eigenvalue weighted by Crippen LogP contribution is -2.30. The standard InChI is InChI=1S/C21H26N4O3/c1-16-18(9-7-11-20(16)25(26)27)15-28-23-21(22)19-10-4-3-8-17(19)14-24-12-5-2-6-13-24/h3-4,7-11H,2,5-6,12-15H2,1H3,(H2,22,23). The fourth-order valence-corrected chi connectivity index (χ4v) is 3.51. The van der Waals surface area contributed by atoms with Crippen LogP contribution >= 0.6 is 0 Å². The summed E-state index contributed by atoms with van der Waals surface area (Å²) in [6.45, 7) is 4.89. The van der Waals surface area contributed by atoms with Gasteiger partial charge in [0.15, 0.2) is 5.84 Å². The van der Waals surface area contributed by atoms with Gasteiger partial charge >= 0.3 is 0 Å². The van der Waals surface area contributed by atoms with Gasteiger partial charge in [-0.2, -0.15) is 0 Å². The molecule has 0 unspecified atom stereocenters. The lowest BCUT2D eigenvalue weighted by molar-refractivity contribution is -0.385. The zero-order valence-electron chi connectivity index (χ0n) is 16.1. The molecular weight excluding hydrogens is 356 g/mol. The van der Waals surface area contributed by atoms with E-state index in [1.807, 2.05) is 18.2 Å². The van der Waals surface area contributed by atoms with E-state index < -0.39 is 4.92 Å². The van der Waals surface area contributed by atoms with Gasteiger partial charge in [0.1, 0.15) is 6.61 Å². The van der Waals surface area contributed by atoms with Crippen molar-refractivity contribution in [3.05, 3.63) is 74.8 Å². The van der Waals surface area contributed by atoms with Crippen LogP contribution in [0.2, 0.25) is 0 Å². The molecule has 1 heterocycles. The van der Waals surface area contributed by atoms with Gasteiger partial charge in [0.2, 0.25) is 0 Å². The van der Waals surface area contributed by atoms with Gasteiger partial charge in [0.25, 0.3) is 5.69 Å². The fourth-order valence-electron chi connectivity index (χ4n) is 3.51. The third-order valence-electron chi connectivity index (χ3n) is 5.13. The second-order valence-corrected chi connectivity index (χ2v) is 7.06. The molecule has 148 valence electrons. The highest BCUT2D eigenvalue weighted by Crippen LogP contribution is 2.22. The number of hydrogen-bond acceptors (Lipinski definition) is 5. The summed E-state index contributed by atoms with van der Waals surface area (Å²) in [7, 11) is 0. The first-order chi connectivity index (χ1) is 13.6. The highest BCUT2D eigenvalue weighted by molar-refractivity contribution is 5.98. The minimum absolute atomic E-state index is 0.0740. The predicted molar refractivity (Wildman–Crippen MR) is 109 cm³/mol. The van der Waals surface area contributed by atoms with E-state index >= 15 is 0 Å². The van der Waals surface area contributed by atoms with Gasteiger partial charge in [-0.25, -0.2) is 0 Å². The summed E-state index contributed by atoms with van der Waals surface area (Å²) in [4.78, 5) is 18.5. The molecule has 0 amide bonds. The maximum absolute atomic E-state index is 11.1. The van der Waals surface area contributed by atoms with Crippen molar-refractivity contribution in [3.8, 4) is 0 Å². The minimum Gasteiger partial charge on any atom is -0.389 e. The van der Waals surface area contributed by atoms with Crippen molar-refractivity contribution in [2.45, 2.75) is 39.3 Å². The van der Waals surface area contributed by atoms with E-state index in [9.17, 15) is 10.1 Å². The summed E-state index contributed by atoms with van der Waals surface area (Å²) in [5.41, 5.74) is 9.53. The molecule has 2 aromatic carbocycles. The number of piperidine rings is 1. The third kappa shape index (κ3) is 4.86. The Hall–Kier alpha value is -2.93. The first-order valence-electron chi connectivity index (χ1n) is 9.55. The van der Waals surface area contributed by atoms with Gasteiger partial charge in [-0.3, -0.25) is 15.0 Å². The minimum atomic E-state index is -0.396. The summed E-state index contributed by atoms with van der Waals surface area (Å²) >= 11 is 0. The SMILES string of the molecule is Cc1c(CO/N=C(/N)c2ccccc2CN2CCCCC2)cccc1[N+](=O)[O-]. The number of oxime groups is 1. The normalized spacial score (nSPS) is 15.4. The number of amidine groups is 1. The van der Waals surface area contributed by atoms with Crippen molar-refractivity contribution >= 4 is 11.5 Å². The van der Waals surface area contributed by atoms with Gasteiger partial charge in [-0.15, -0.1) is 0 Å². The average molecular weight is 382 g/mol. The van der Waals surface area contributed by atoms with E-state index in [2.05, 4.69) is 16.1 Å². The number of rotatable bonds is 7. The number of nitrogens with zero attached hydrogens (tertiary/aromatic N) is 3. The van der Waals surface area contributed by atoms with E-state index in [1.54, 1.807) is 19.1 Å². The van der Waals surface area contributed by atoms with E-state index in [0.717, 1.165) is 30.8 Å². The van der Waals surface area contributed by atoms with E-state index in [1.165, 1.54) is 25.3 Å². The number of nitro groups is 1. The van der Waals surface area contributed by atoms with Gasteiger partial charge in [0.05, 0.1) is 4.92 Å². The summed E-state index contributed by atoms with van der Waals surface area (Å²) in [5.74, 6) is 0.315. The van der Waals surface area contributed by atoms with E-state index in [4.69, 9.17) is 10.6 Å². The molecule has 0 aliphatic carbocycles. The number of likely N-dealkylation sites (tertiary alicyclic amines) is 1. The van der Waals surface area contributed by atoms with Crippen LogP contribution in [-0.2, 0) is 18.0 Å². The topological polar surface area (TPSA) is 94.0 Å². The molecule has 1 fully saturated rings. The molecule has 7 nitrogen and oxygen atoms in total. The number of hydrogen-bond donors (Lipinski definition) is 1. The number of nitrogens with two attached hydrogens (primary N) is 1. The molecule has 2 aromatic rings. The Morgan fingerprint density at radius 2 is 1.86 bits per heavy atom. The van der Waals surface area contributed by atoms with Gasteiger partial charge < -0.3 is 10.6 Å². The van der Waals surface area contributed by atoms with Crippen LogP contribution in [-0.4, -0.2) is 28.7 Å². The number of benzene rings is 2. The summed E-state index contributed by atoms with van der Waals surface area (Å²) in [6.07, 6.45) is 3.77. The molecule has 0 aromatic heterocycles. The maximum Gasteiger partial charge on any atom is 0.272 e. The highest BCUT2D eigenvalue weighted by atomic mass is 16.6. The zero-order valence-corrected chi connectivity index (χ0v) is 16.1. The Morgan fingerprint density at radius 1 is 1.14 bits per heavy atom. The lowest BCUT2D eigenvalue weighted by atomic mass is 10.0. The van der Waals surface area contributed by atoms with E-state index in [-0.39, 0.29) is 12.3 Å². The monoisotopic (exact) mass is 382 g/mol. The van der Waals surface area contributed by atoms with E-state index in [0.29, 0.717) is 17.0 Å². The second kappa shape index (κ2) is 9.32. The van der Waals surface area contributed by atoms with Crippen molar-refractivity contribution < 1.29 is 9.76 Å². The van der Waals surface area contributed by atoms with Crippen LogP contribution in [0.4, 0.5) is 5.69 Å². The number of nitro benzene ring substituents is 1. The molecule has 1 saturated heterocycles. The van der Waals surface area contributed by atoms with Crippen LogP contribution in [0.3, 0.4) is 0 Å². The predicted octanol–water partition coefficient (Wildman–Crippen LogP) is 3.73. The van der Waals surface area contributed by atoms with Crippen LogP contribution in [0.25, 0.3) is 0 Å². The molecule has 0 bridgehead atoms. The molecule has 2 N–H and O–H groups in total.